The molecule has 2 aromatic rings. The van der Waals surface area contributed by atoms with Crippen LogP contribution in [0.1, 0.15) is 32.6 Å². The number of aryl methyl sites for hydroxylation is 4. The zero-order valence-corrected chi connectivity index (χ0v) is 15.2. The van der Waals surface area contributed by atoms with Crippen molar-refractivity contribution in [2.75, 3.05) is 19.0 Å². The summed E-state index contributed by atoms with van der Waals surface area (Å²) in [6.45, 7) is 7.40. The molecule has 5 heteroatoms. The third kappa shape index (κ3) is 4.59. The first-order chi connectivity index (χ1) is 11.8. The molecule has 0 radical (unpaired) electrons. The van der Waals surface area contributed by atoms with E-state index >= 15 is 0 Å². The lowest BCUT2D eigenvalue weighted by atomic mass is 10.1. The van der Waals surface area contributed by atoms with Crippen LogP contribution in [0, 0.1) is 27.7 Å². The van der Waals surface area contributed by atoms with Crippen LogP contribution in [0.5, 0.6) is 5.75 Å². The molecule has 0 aliphatic carbocycles. The predicted octanol–water partition coefficient (Wildman–Crippen LogP) is 3.72. The lowest BCUT2D eigenvalue weighted by molar-refractivity contribution is -0.119. The smallest absolute Gasteiger partial charge is 0.338 e. The number of methoxy groups -OCH3 is 1. The number of rotatable bonds is 5. The van der Waals surface area contributed by atoms with Gasteiger partial charge in [-0.25, -0.2) is 4.79 Å². The fourth-order valence-electron chi connectivity index (χ4n) is 2.71. The maximum atomic E-state index is 12.1. The number of amides is 1. The van der Waals surface area contributed by atoms with Crippen LogP contribution in [0.3, 0.4) is 0 Å². The van der Waals surface area contributed by atoms with Crippen LogP contribution in [0.2, 0.25) is 0 Å². The Morgan fingerprint density at radius 2 is 1.60 bits per heavy atom. The maximum absolute atomic E-state index is 12.1. The summed E-state index contributed by atoms with van der Waals surface area (Å²) in [4.78, 5) is 24.2. The van der Waals surface area contributed by atoms with E-state index in [9.17, 15) is 9.59 Å². The van der Waals surface area contributed by atoms with Gasteiger partial charge in [0.05, 0.1) is 12.7 Å². The quantitative estimate of drug-likeness (QED) is 0.842. The van der Waals surface area contributed by atoms with E-state index in [-0.39, 0.29) is 12.5 Å². The van der Waals surface area contributed by atoms with E-state index in [1.165, 1.54) is 7.11 Å². The standard InChI is InChI=1S/C20H23NO4/c1-12-8-14(3)19(15(4)9-12)21-18(22)11-25-20(23)16-7-6-13(2)17(10-16)24-5/h6-10H,11H2,1-5H3,(H,21,22). The van der Waals surface area contributed by atoms with Crippen LogP contribution in [-0.4, -0.2) is 25.6 Å². The van der Waals surface area contributed by atoms with Crippen molar-refractivity contribution in [2.45, 2.75) is 27.7 Å². The summed E-state index contributed by atoms with van der Waals surface area (Å²) >= 11 is 0. The number of hydrogen-bond donors (Lipinski definition) is 1. The fourth-order valence-corrected chi connectivity index (χ4v) is 2.71. The van der Waals surface area contributed by atoms with E-state index in [0.717, 1.165) is 27.9 Å². The third-order valence-corrected chi connectivity index (χ3v) is 3.92. The number of carbonyl (C=O) groups excluding carboxylic acids is 2. The van der Waals surface area contributed by atoms with E-state index < -0.39 is 5.97 Å². The van der Waals surface area contributed by atoms with E-state index in [2.05, 4.69) is 5.32 Å². The highest BCUT2D eigenvalue weighted by atomic mass is 16.5. The number of ether oxygens (including phenoxy) is 2. The van der Waals surface area contributed by atoms with Gasteiger partial charge in [-0.15, -0.1) is 0 Å². The Hall–Kier alpha value is -2.82. The van der Waals surface area contributed by atoms with Gasteiger partial charge in [0, 0.05) is 5.69 Å². The Bertz CT molecular complexity index is 788. The van der Waals surface area contributed by atoms with Gasteiger partial charge in [-0.2, -0.15) is 0 Å². The molecule has 0 fully saturated rings. The highest BCUT2D eigenvalue weighted by molar-refractivity contribution is 5.96. The predicted molar refractivity (Wildman–Crippen MR) is 97.3 cm³/mol. The Kier molecular flexibility index (Phi) is 5.80. The Morgan fingerprint density at radius 3 is 2.20 bits per heavy atom. The second kappa shape index (κ2) is 7.83. The maximum Gasteiger partial charge on any atom is 0.338 e. The first kappa shape index (κ1) is 18.5. The molecule has 2 aromatic carbocycles. The number of benzene rings is 2. The zero-order chi connectivity index (χ0) is 18.6. The van der Waals surface area contributed by atoms with Crippen molar-refractivity contribution in [3.05, 3.63) is 58.1 Å². The lowest BCUT2D eigenvalue weighted by Gasteiger charge is -2.13. The molecule has 0 unspecified atom stereocenters. The minimum Gasteiger partial charge on any atom is -0.496 e. The third-order valence-electron chi connectivity index (χ3n) is 3.92. The molecule has 0 saturated heterocycles. The number of anilines is 1. The van der Waals surface area contributed by atoms with Crippen molar-refractivity contribution in [3.8, 4) is 5.75 Å². The van der Waals surface area contributed by atoms with Crippen molar-refractivity contribution in [1.82, 2.24) is 0 Å². The lowest BCUT2D eigenvalue weighted by Crippen LogP contribution is -2.22. The summed E-state index contributed by atoms with van der Waals surface area (Å²) in [6.07, 6.45) is 0. The zero-order valence-electron chi connectivity index (χ0n) is 15.2. The van der Waals surface area contributed by atoms with E-state index in [0.29, 0.717) is 11.3 Å². The van der Waals surface area contributed by atoms with Gasteiger partial charge >= 0.3 is 5.97 Å². The van der Waals surface area contributed by atoms with Gasteiger partial charge in [-0.05, 0) is 56.5 Å². The average molecular weight is 341 g/mol. The average Bonchev–Trinajstić information content (AvgIpc) is 2.56. The van der Waals surface area contributed by atoms with Crippen LogP contribution in [0.25, 0.3) is 0 Å². The van der Waals surface area contributed by atoms with E-state index in [1.54, 1.807) is 18.2 Å². The molecule has 0 saturated carbocycles. The minimum absolute atomic E-state index is 0.345. The SMILES string of the molecule is COc1cc(C(=O)OCC(=O)Nc2c(C)cc(C)cc2C)ccc1C. The summed E-state index contributed by atoms with van der Waals surface area (Å²) in [6, 6.07) is 9.01. The van der Waals surface area contributed by atoms with Gasteiger partial charge in [0.15, 0.2) is 6.61 Å². The van der Waals surface area contributed by atoms with Crippen molar-refractivity contribution < 1.29 is 19.1 Å². The second-order valence-electron chi connectivity index (χ2n) is 6.08. The minimum atomic E-state index is -0.564. The van der Waals surface area contributed by atoms with E-state index in [1.807, 2.05) is 39.8 Å². The number of carbonyl (C=O) groups is 2. The summed E-state index contributed by atoms with van der Waals surface area (Å²) in [5.74, 6) is -0.335. The van der Waals surface area contributed by atoms with Gasteiger partial charge in [-0.3, -0.25) is 4.79 Å². The monoisotopic (exact) mass is 341 g/mol. The molecule has 0 heterocycles. The molecule has 0 bridgehead atoms. The molecule has 5 nitrogen and oxygen atoms in total. The van der Waals surface area contributed by atoms with Crippen LogP contribution in [0.15, 0.2) is 30.3 Å². The summed E-state index contributed by atoms with van der Waals surface area (Å²) in [5, 5.41) is 2.80. The van der Waals surface area contributed by atoms with Gasteiger partial charge in [-0.1, -0.05) is 23.8 Å². The molecule has 0 spiro atoms. The molecule has 0 aromatic heterocycles. The van der Waals surface area contributed by atoms with Gasteiger partial charge < -0.3 is 14.8 Å². The van der Waals surface area contributed by atoms with Crippen LogP contribution in [-0.2, 0) is 9.53 Å². The highest BCUT2D eigenvalue weighted by Crippen LogP contribution is 2.22. The first-order valence-electron chi connectivity index (χ1n) is 8.01. The molecule has 0 aliphatic rings. The largest absolute Gasteiger partial charge is 0.496 e. The summed E-state index contributed by atoms with van der Waals surface area (Å²) < 4.78 is 10.3. The molecule has 0 aliphatic heterocycles. The van der Waals surface area contributed by atoms with Gasteiger partial charge in [0.25, 0.3) is 5.91 Å². The summed E-state index contributed by atoms with van der Waals surface area (Å²) in [5.41, 5.74) is 5.09. The first-order valence-corrected chi connectivity index (χ1v) is 8.01. The van der Waals surface area contributed by atoms with Crippen LogP contribution >= 0.6 is 0 Å². The Morgan fingerprint density at radius 1 is 0.960 bits per heavy atom. The van der Waals surface area contributed by atoms with Crippen LogP contribution < -0.4 is 10.1 Å². The van der Waals surface area contributed by atoms with E-state index in [4.69, 9.17) is 9.47 Å². The molecule has 1 N–H and O–H groups in total. The Balaban J connectivity index is 1.99. The molecule has 1 amide bonds. The number of nitrogens with one attached hydrogen (secondary N) is 1. The van der Waals surface area contributed by atoms with Crippen molar-refractivity contribution in [2.24, 2.45) is 0 Å². The normalized spacial score (nSPS) is 10.3. The van der Waals surface area contributed by atoms with Gasteiger partial charge in [0.2, 0.25) is 0 Å². The van der Waals surface area contributed by atoms with Crippen molar-refractivity contribution >= 4 is 17.6 Å². The van der Waals surface area contributed by atoms with Gasteiger partial charge in [0.1, 0.15) is 5.75 Å². The highest BCUT2D eigenvalue weighted by Gasteiger charge is 2.14. The van der Waals surface area contributed by atoms with Crippen LogP contribution in [0.4, 0.5) is 5.69 Å². The second-order valence-corrected chi connectivity index (χ2v) is 6.08. The molecule has 25 heavy (non-hydrogen) atoms. The summed E-state index contributed by atoms with van der Waals surface area (Å²) in [7, 11) is 1.54. The molecular weight excluding hydrogens is 318 g/mol. The topological polar surface area (TPSA) is 64.6 Å². The molecular formula is C20H23NO4. The number of esters is 1. The van der Waals surface area contributed by atoms with Crippen molar-refractivity contribution in [1.29, 1.82) is 0 Å². The number of hydrogen-bond acceptors (Lipinski definition) is 4. The fraction of sp³-hybridized carbons (Fsp3) is 0.300. The molecule has 2 rings (SSSR count). The molecule has 132 valence electrons. The Labute approximate surface area is 148 Å². The molecule has 0 atom stereocenters. The van der Waals surface area contributed by atoms with Crippen molar-refractivity contribution in [3.63, 3.8) is 0 Å².